The molecule has 2 fully saturated rings. The van der Waals surface area contributed by atoms with E-state index < -0.39 is 0 Å². The lowest BCUT2D eigenvalue weighted by atomic mass is 10.1. The summed E-state index contributed by atoms with van der Waals surface area (Å²) in [5.74, 6) is 5.66. The molecule has 2 aliphatic rings. The summed E-state index contributed by atoms with van der Waals surface area (Å²) in [6, 6.07) is 2.76. The minimum Gasteiger partial charge on any atom is -0.384 e. The predicted molar refractivity (Wildman–Crippen MR) is 76.1 cm³/mol. The zero-order valence-corrected chi connectivity index (χ0v) is 11.8. The van der Waals surface area contributed by atoms with Crippen LogP contribution in [0.1, 0.15) is 29.7 Å². The van der Waals surface area contributed by atoms with E-state index in [0.717, 1.165) is 25.3 Å². The van der Waals surface area contributed by atoms with Crippen molar-refractivity contribution in [1.29, 1.82) is 0 Å². The maximum atomic E-state index is 8.71. The van der Waals surface area contributed by atoms with Gasteiger partial charge in [0.2, 0.25) is 0 Å². The number of rotatable bonds is 2. The maximum absolute atomic E-state index is 8.71. The lowest BCUT2D eigenvalue weighted by molar-refractivity contribution is -0.0584. The summed E-state index contributed by atoms with van der Waals surface area (Å²) in [4.78, 5) is 3.92. The quantitative estimate of drug-likeness (QED) is 0.837. The molecule has 3 nitrogen and oxygen atoms in total. The molecule has 19 heavy (non-hydrogen) atoms. The van der Waals surface area contributed by atoms with Gasteiger partial charge in [-0.15, -0.1) is 11.3 Å². The molecule has 0 aromatic carbocycles. The van der Waals surface area contributed by atoms with E-state index in [-0.39, 0.29) is 6.61 Å². The first-order chi connectivity index (χ1) is 9.36. The standard InChI is InChI=1S/C15H19NO2S/c17-7-2-3-12-9-13(19-11-12)10-16-6-8-18-15-5-1-4-14(15)16/h9,11,14-15,17H,1,4-8,10H2. The SMILES string of the molecule is OCC#Cc1csc(CN2CCOC3CCCC32)c1. The van der Waals surface area contributed by atoms with Gasteiger partial charge < -0.3 is 9.84 Å². The molecule has 0 radical (unpaired) electrons. The first-order valence-corrected chi connectivity index (χ1v) is 7.77. The summed E-state index contributed by atoms with van der Waals surface area (Å²) < 4.78 is 5.84. The number of morpholine rings is 1. The summed E-state index contributed by atoms with van der Waals surface area (Å²) >= 11 is 1.76. The molecule has 1 aliphatic carbocycles. The Morgan fingerprint density at radius 3 is 3.32 bits per heavy atom. The van der Waals surface area contributed by atoms with Crippen molar-refractivity contribution in [2.75, 3.05) is 19.8 Å². The smallest absolute Gasteiger partial charge is 0.104 e. The molecule has 3 rings (SSSR count). The zero-order valence-electron chi connectivity index (χ0n) is 11.0. The molecule has 0 spiro atoms. The van der Waals surface area contributed by atoms with Gasteiger partial charge in [0.25, 0.3) is 0 Å². The number of fused-ring (bicyclic) bond motifs is 1. The molecule has 2 unspecified atom stereocenters. The van der Waals surface area contributed by atoms with E-state index in [9.17, 15) is 0 Å². The summed E-state index contributed by atoms with van der Waals surface area (Å²) in [5, 5.41) is 10.8. The van der Waals surface area contributed by atoms with E-state index in [1.165, 1.54) is 24.1 Å². The van der Waals surface area contributed by atoms with E-state index in [1.807, 2.05) is 0 Å². The van der Waals surface area contributed by atoms with Gasteiger partial charge in [-0.2, -0.15) is 0 Å². The Morgan fingerprint density at radius 2 is 2.42 bits per heavy atom. The van der Waals surface area contributed by atoms with Crippen molar-refractivity contribution in [1.82, 2.24) is 4.90 Å². The van der Waals surface area contributed by atoms with Crippen LogP contribution in [0.5, 0.6) is 0 Å². The van der Waals surface area contributed by atoms with E-state index in [4.69, 9.17) is 9.84 Å². The van der Waals surface area contributed by atoms with Gasteiger partial charge in [-0.25, -0.2) is 0 Å². The zero-order chi connectivity index (χ0) is 13.1. The second-order valence-corrected chi connectivity index (χ2v) is 6.14. The van der Waals surface area contributed by atoms with Crippen molar-refractivity contribution >= 4 is 11.3 Å². The van der Waals surface area contributed by atoms with Crippen LogP contribution in [-0.4, -0.2) is 41.9 Å². The van der Waals surface area contributed by atoms with Crippen molar-refractivity contribution in [2.45, 2.75) is 38.0 Å². The molecule has 1 saturated heterocycles. The summed E-state index contributed by atoms with van der Waals surface area (Å²) in [6.45, 7) is 2.84. The monoisotopic (exact) mass is 277 g/mol. The molecular weight excluding hydrogens is 258 g/mol. The number of hydrogen-bond donors (Lipinski definition) is 1. The van der Waals surface area contributed by atoms with Crippen molar-refractivity contribution in [2.24, 2.45) is 0 Å². The fourth-order valence-electron chi connectivity index (χ4n) is 3.07. The molecule has 102 valence electrons. The van der Waals surface area contributed by atoms with Crippen LogP contribution < -0.4 is 0 Å². The summed E-state index contributed by atoms with van der Waals surface area (Å²) in [6.07, 6.45) is 4.25. The van der Waals surface area contributed by atoms with Gasteiger partial charge in [-0.1, -0.05) is 11.8 Å². The number of hydrogen-bond acceptors (Lipinski definition) is 4. The van der Waals surface area contributed by atoms with Crippen molar-refractivity contribution < 1.29 is 9.84 Å². The van der Waals surface area contributed by atoms with E-state index >= 15 is 0 Å². The number of aliphatic hydroxyl groups is 1. The van der Waals surface area contributed by atoms with Crippen LogP contribution in [-0.2, 0) is 11.3 Å². The van der Waals surface area contributed by atoms with Crippen LogP contribution in [0.2, 0.25) is 0 Å². The van der Waals surface area contributed by atoms with Crippen LogP contribution in [0.15, 0.2) is 11.4 Å². The normalized spacial score (nSPS) is 26.8. The average molecular weight is 277 g/mol. The van der Waals surface area contributed by atoms with E-state index in [0.29, 0.717) is 12.1 Å². The lowest BCUT2D eigenvalue weighted by Gasteiger charge is -2.37. The number of aliphatic hydroxyl groups excluding tert-OH is 1. The first-order valence-electron chi connectivity index (χ1n) is 6.89. The summed E-state index contributed by atoms with van der Waals surface area (Å²) in [7, 11) is 0. The molecule has 1 aliphatic heterocycles. The van der Waals surface area contributed by atoms with Gasteiger partial charge >= 0.3 is 0 Å². The van der Waals surface area contributed by atoms with E-state index in [1.54, 1.807) is 11.3 Å². The highest BCUT2D eigenvalue weighted by Gasteiger charge is 2.35. The Bertz CT molecular complexity index is 488. The Kier molecular flexibility index (Phi) is 4.19. The van der Waals surface area contributed by atoms with Crippen LogP contribution in [0.4, 0.5) is 0 Å². The highest BCUT2D eigenvalue weighted by atomic mass is 32.1. The summed E-state index contributed by atoms with van der Waals surface area (Å²) in [5.41, 5.74) is 1.02. The van der Waals surface area contributed by atoms with E-state index in [2.05, 4.69) is 28.2 Å². The largest absolute Gasteiger partial charge is 0.384 e. The van der Waals surface area contributed by atoms with Crippen molar-refractivity contribution in [3.63, 3.8) is 0 Å². The Morgan fingerprint density at radius 1 is 1.47 bits per heavy atom. The Labute approximate surface area is 118 Å². The van der Waals surface area contributed by atoms with Crippen LogP contribution in [0, 0.1) is 11.8 Å². The number of nitrogens with zero attached hydrogens (tertiary/aromatic N) is 1. The van der Waals surface area contributed by atoms with Gasteiger partial charge in [0, 0.05) is 35.0 Å². The Balaban J connectivity index is 1.65. The molecule has 1 saturated carbocycles. The lowest BCUT2D eigenvalue weighted by Crippen LogP contribution is -2.47. The van der Waals surface area contributed by atoms with Gasteiger partial charge in [0.05, 0.1) is 12.7 Å². The predicted octanol–water partition coefficient (Wildman–Crippen LogP) is 1.85. The maximum Gasteiger partial charge on any atom is 0.104 e. The van der Waals surface area contributed by atoms with Gasteiger partial charge in [0.15, 0.2) is 0 Å². The minimum absolute atomic E-state index is 0.0710. The first kappa shape index (κ1) is 13.1. The van der Waals surface area contributed by atoms with Crippen LogP contribution >= 0.6 is 11.3 Å². The van der Waals surface area contributed by atoms with Crippen LogP contribution in [0.25, 0.3) is 0 Å². The fraction of sp³-hybridized carbons (Fsp3) is 0.600. The molecule has 0 amide bonds. The second-order valence-electron chi connectivity index (χ2n) is 5.14. The van der Waals surface area contributed by atoms with Crippen LogP contribution in [0.3, 0.4) is 0 Å². The topological polar surface area (TPSA) is 32.7 Å². The number of ether oxygens (including phenoxy) is 1. The molecule has 0 bridgehead atoms. The third-order valence-electron chi connectivity index (χ3n) is 3.92. The molecule has 1 aromatic rings. The average Bonchev–Trinajstić information content (AvgIpc) is 3.05. The molecule has 4 heteroatoms. The van der Waals surface area contributed by atoms with Gasteiger partial charge in [0.1, 0.15) is 6.61 Å². The van der Waals surface area contributed by atoms with Gasteiger partial charge in [-0.05, 0) is 25.3 Å². The van der Waals surface area contributed by atoms with Gasteiger partial charge in [-0.3, -0.25) is 4.90 Å². The highest BCUT2D eigenvalue weighted by molar-refractivity contribution is 7.10. The highest BCUT2D eigenvalue weighted by Crippen LogP contribution is 2.31. The molecule has 2 heterocycles. The fourth-order valence-corrected chi connectivity index (χ4v) is 3.91. The van der Waals surface area contributed by atoms with Crippen molar-refractivity contribution in [3.8, 4) is 11.8 Å². The molecule has 1 aromatic heterocycles. The molecule has 2 atom stereocenters. The second kappa shape index (κ2) is 6.06. The molecule has 1 N–H and O–H groups in total. The van der Waals surface area contributed by atoms with Crippen molar-refractivity contribution in [3.05, 3.63) is 21.9 Å². The minimum atomic E-state index is -0.0710. The third-order valence-corrected chi connectivity index (χ3v) is 4.84. The Hall–Kier alpha value is -0.860. The third kappa shape index (κ3) is 3.01. The number of thiophene rings is 1. The molecular formula is C15H19NO2S.